The van der Waals surface area contributed by atoms with Crippen LogP contribution in [-0.4, -0.2) is 13.7 Å². The normalized spacial score (nSPS) is 12.1. The summed E-state index contributed by atoms with van der Waals surface area (Å²) in [4.78, 5) is 0. The molecule has 2 nitrogen and oxygen atoms in total. The fraction of sp³-hybridized carbons (Fsp3) is 0.200. The first-order chi connectivity index (χ1) is 8.81. The van der Waals surface area contributed by atoms with Crippen molar-refractivity contribution in [1.82, 2.24) is 5.32 Å². The summed E-state index contributed by atoms with van der Waals surface area (Å²) in [6.45, 7) is 0.390. The van der Waals surface area contributed by atoms with Crippen molar-refractivity contribution in [2.24, 2.45) is 0 Å². The molecule has 3 heteroatoms. The van der Waals surface area contributed by atoms with Gasteiger partial charge in [-0.05, 0) is 25.2 Å². The standard InChI is InChI=1S/C15H16FNO/c1-17-15(13-9-5-6-10-14(13)16)11-18-12-7-3-2-4-8-12/h2-10,15,17H,11H2,1H3. The molecule has 1 atom stereocenters. The van der Waals surface area contributed by atoms with Gasteiger partial charge in [-0.25, -0.2) is 4.39 Å². The number of halogens is 1. The van der Waals surface area contributed by atoms with Gasteiger partial charge in [0.1, 0.15) is 18.2 Å². The summed E-state index contributed by atoms with van der Waals surface area (Å²) in [7, 11) is 1.80. The van der Waals surface area contributed by atoms with Crippen molar-refractivity contribution >= 4 is 0 Å². The first kappa shape index (κ1) is 12.6. The second-order valence-corrected chi connectivity index (χ2v) is 3.99. The van der Waals surface area contributed by atoms with E-state index in [9.17, 15) is 4.39 Å². The number of rotatable bonds is 5. The second kappa shape index (κ2) is 6.17. The highest BCUT2D eigenvalue weighted by atomic mass is 19.1. The van der Waals surface area contributed by atoms with Gasteiger partial charge in [0.05, 0.1) is 6.04 Å². The van der Waals surface area contributed by atoms with Crippen LogP contribution in [-0.2, 0) is 0 Å². The van der Waals surface area contributed by atoms with Crippen LogP contribution in [0.4, 0.5) is 4.39 Å². The third-order valence-corrected chi connectivity index (χ3v) is 2.79. The Labute approximate surface area is 106 Å². The molecule has 2 aromatic rings. The van der Waals surface area contributed by atoms with E-state index in [0.29, 0.717) is 12.2 Å². The van der Waals surface area contributed by atoms with Gasteiger partial charge in [-0.2, -0.15) is 0 Å². The van der Waals surface area contributed by atoms with E-state index in [-0.39, 0.29) is 11.9 Å². The van der Waals surface area contributed by atoms with Crippen molar-refractivity contribution in [2.75, 3.05) is 13.7 Å². The van der Waals surface area contributed by atoms with Crippen molar-refractivity contribution in [1.29, 1.82) is 0 Å². The zero-order chi connectivity index (χ0) is 12.8. The number of para-hydroxylation sites is 1. The quantitative estimate of drug-likeness (QED) is 0.873. The molecular weight excluding hydrogens is 229 g/mol. The van der Waals surface area contributed by atoms with Crippen LogP contribution in [0, 0.1) is 5.82 Å². The van der Waals surface area contributed by atoms with Gasteiger partial charge in [0.2, 0.25) is 0 Å². The lowest BCUT2D eigenvalue weighted by molar-refractivity contribution is 0.270. The fourth-order valence-corrected chi connectivity index (χ4v) is 1.78. The summed E-state index contributed by atoms with van der Waals surface area (Å²) in [5.74, 6) is 0.572. The number of ether oxygens (including phenoxy) is 1. The lowest BCUT2D eigenvalue weighted by Gasteiger charge is -2.18. The third kappa shape index (κ3) is 3.08. The molecule has 0 spiro atoms. The highest BCUT2D eigenvalue weighted by Gasteiger charge is 2.13. The Balaban J connectivity index is 2.04. The van der Waals surface area contributed by atoms with Crippen molar-refractivity contribution in [3.63, 3.8) is 0 Å². The summed E-state index contributed by atoms with van der Waals surface area (Å²) in [6.07, 6.45) is 0. The van der Waals surface area contributed by atoms with E-state index < -0.39 is 0 Å². The monoisotopic (exact) mass is 245 g/mol. The summed E-state index contributed by atoms with van der Waals surface area (Å²) in [6, 6.07) is 16.1. The molecule has 0 radical (unpaired) electrons. The van der Waals surface area contributed by atoms with Crippen LogP contribution in [0.1, 0.15) is 11.6 Å². The predicted octanol–water partition coefficient (Wildman–Crippen LogP) is 3.17. The van der Waals surface area contributed by atoms with Crippen molar-refractivity contribution in [3.8, 4) is 5.75 Å². The molecule has 1 unspecified atom stereocenters. The first-order valence-corrected chi connectivity index (χ1v) is 5.91. The molecule has 1 N–H and O–H groups in total. The van der Waals surface area contributed by atoms with Crippen LogP contribution in [0.15, 0.2) is 54.6 Å². The Kier molecular flexibility index (Phi) is 4.31. The molecule has 0 aliphatic rings. The molecule has 0 aliphatic carbocycles. The van der Waals surface area contributed by atoms with Gasteiger partial charge < -0.3 is 10.1 Å². The summed E-state index contributed by atoms with van der Waals surface area (Å²) in [5.41, 5.74) is 0.621. The van der Waals surface area contributed by atoms with E-state index in [2.05, 4.69) is 5.32 Å². The van der Waals surface area contributed by atoms with Gasteiger partial charge in [-0.3, -0.25) is 0 Å². The average Bonchev–Trinajstić information content (AvgIpc) is 2.42. The van der Waals surface area contributed by atoms with Crippen molar-refractivity contribution < 1.29 is 9.13 Å². The Bertz CT molecular complexity index is 487. The minimum absolute atomic E-state index is 0.161. The van der Waals surface area contributed by atoms with Crippen LogP contribution in [0.3, 0.4) is 0 Å². The van der Waals surface area contributed by atoms with Gasteiger partial charge in [0, 0.05) is 5.56 Å². The van der Waals surface area contributed by atoms with Crippen molar-refractivity contribution in [3.05, 3.63) is 66.0 Å². The van der Waals surface area contributed by atoms with E-state index in [1.165, 1.54) is 6.07 Å². The SMILES string of the molecule is CNC(COc1ccccc1)c1ccccc1F. The number of hydrogen-bond donors (Lipinski definition) is 1. The van der Waals surface area contributed by atoms with Gasteiger partial charge in [-0.1, -0.05) is 36.4 Å². The zero-order valence-electron chi connectivity index (χ0n) is 10.3. The molecule has 0 heterocycles. The molecule has 0 fully saturated rings. The molecular formula is C15H16FNO. The molecule has 18 heavy (non-hydrogen) atoms. The number of benzene rings is 2. The molecule has 94 valence electrons. The largest absolute Gasteiger partial charge is 0.492 e. The summed E-state index contributed by atoms with van der Waals surface area (Å²) < 4.78 is 19.3. The highest BCUT2D eigenvalue weighted by molar-refractivity contribution is 5.23. The minimum atomic E-state index is -0.214. The highest BCUT2D eigenvalue weighted by Crippen LogP contribution is 2.18. The Morgan fingerprint density at radius 3 is 2.39 bits per heavy atom. The number of hydrogen-bond acceptors (Lipinski definition) is 2. The van der Waals surface area contributed by atoms with E-state index >= 15 is 0 Å². The topological polar surface area (TPSA) is 21.3 Å². The summed E-state index contributed by atoms with van der Waals surface area (Å²) in [5, 5.41) is 3.06. The van der Waals surface area contributed by atoms with Crippen LogP contribution in [0.25, 0.3) is 0 Å². The lowest BCUT2D eigenvalue weighted by atomic mass is 10.1. The molecule has 0 saturated heterocycles. The molecule has 2 rings (SSSR count). The van der Waals surface area contributed by atoms with Crippen LogP contribution in [0.5, 0.6) is 5.75 Å². The second-order valence-electron chi connectivity index (χ2n) is 3.99. The Morgan fingerprint density at radius 1 is 1.06 bits per heavy atom. The molecule has 0 amide bonds. The average molecular weight is 245 g/mol. The molecule has 0 aliphatic heterocycles. The fourth-order valence-electron chi connectivity index (χ4n) is 1.78. The molecule has 2 aromatic carbocycles. The number of likely N-dealkylation sites (N-methyl/N-ethyl adjacent to an activating group) is 1. The van der Waals surface area contributed by atoms with E-state index in [1.54, 1.807) is 19.2 Å². The minimum Gasteiger partial charge on any atom is -0.492 e. The lowest BCUT2D eigenvalue weighted by Crippen LogP contribution is -2.24. The zero-order valence-corrected chi connectivity index (χ0v) is 10.3. The van der Waals surface area contributed by atoms with Gasteiger partial charge >= 0.3 is 0 Å². The van der Waals surface area contributed by atoms with Gasteiger partial charge in [-0.15, -0.1) is 0 Å². The summed E-state index contributed by atoms with van der Waals surface area (Å²) >= 11 is 0. The van der Waals surface area contributed by atoms with Crippen LogP contribution < -0.4 is 10.1 Å². The Morgan fingerprint density at radius 2 is 1.72 bits per heavy atom. The smallest absolute Gasteiger partial charge is 0.128 e. The molecule has 0 bridgehead atoms. The number of nitrogens with one attached hydrogen (secondary N) is 1. The maximum atomic E-state index is 13.7. The van der Waals surface area contributed by atoms with Crippen LogP contribution >= 0.6 is 0 Å². The molecule has 0 aromatic heterocycles. The van der Waals surface area contributed by atoms with E-state index in [0.717, 1.165) is 5.75 Å². The van der Waals surface area contributed by atoms with Gasteiger partial charge in [0.25, 0.3) is 0 Å². The maximum absolute atomic E-state index is 13.7. The molecule has 0 saturated carbocycles. The van der Waals surface area contributed by atoms with E-state index in [1.807, 2.05) is 36.4 Å². The predicted molar refractivity (Wildman–Crippen MR) is 70.1 cm³/mol. The maximum Gasteiger partial charge on any atom is 0.128 e. The van der Waals surface area contributed by atoms with E-state index in [4.69, 9.17) is 4.74 Å². The third-order valence-electron chi connectivity index (χ3n) is 2.79. The van der Waals surface area contributed by atoms with Crippen molar-refractivity contribution in [2.45, 2.75) is 6.04 Å². The Hall–Kier alpha value is -1.87. The van der Waals surface area contributed by atoms with Crippen LogP contribution in [0.2, 0.25) is 0 Å². The first-order valence-electron chi connectivity index (χ1n) is 5.91. The van der Waals surface area contributed by atoms with Gasteiger partial charge in [0.15, 0.2) is 0 Å².